The van der Waals surface area contributed by atoms with E-state index in [9.17, 15) is 4.79 Å². The van der Waals surface area contributed by atoms with Gasteiger partial charge in [0.15, 0.2) is 0 Å². The number of hydrogen-bond acceptors (Lipinski definition) is 7. The van der Waals surface area contributed by atoms with Crippen molar-refractivity contribution in [2.24, 2.45) is 0 Å². The van der Waals surface area contributed by atoms with Gasteiger partial charge in [-0.25, -0.2) is 9.97 Å². The molecule has 4 aromatic rings. The lowest BCUT2D eigenvalue weighted by atomic mass is 10.0. The number of carbonyl (C=O) groups excluding carboxylic acids is 1. The number of benzene rings is 3. The molecule has 184 valence electrons. The Morgan fingerprint density at radius 3 is 2.39 bits per heavy atom. The minimum absolute atomic E-state index is 0.310. The lowest BCUT2D eigenvalue weighted by Crippen LogP contribution is -2.10. The summed E-state index contributed by atoms with van der Waals surface area (Å²) in [4.78, 5) is 22.0. The molecule has 0 fully saturated rings. The first kappa shape index (κ1) is 25.6. The van der Waals surface area contributed by atoms with E-state index in [1.807, 2.05) is 42.7 Å². The Morgan fingerprint density at radius 1 is 1.03 bits per heavy atom. The molecule has 3 aromatic carbocycles. The Kier molecular flexibility index (Phi) is 7.88. The first-order valence-electron chi connectivity index (χ1n) is 10.6. The molecule has 0 atom stereocenters. The predicted octanol–water partition coefficient (Wildman–Crippen LogP) is 7.21. The third-order valence-electron chi connectivity index (χ3n) is 5.36. The monoisotopic (exact) mass is 540 g/mol. The summed E-state index contributed by atoms with van der Waals surface area (Å²) < 4.78 is 10.8. The van der Waals surface area contributed by atoms with Gasteiger partial charge in [0.05, 0.1) is 41.2 Å². The molecule has 36 heavy (non-hydrogen) atoms. The molecule has 0 unspecified atom stereocenters. The van der Waals surface area contributed by atoms with Crippen LogP contribution in [-0.4, -0.2) is 36.4 Å². The van der Waals surface area contributed by atoms with Crippen molar-refractivity contribution in [3.63, 3.8) is 0 Å². The number of ether oxygens (including phenoxy) is 2. The number of aromatic nitrogens is 2. The molecular weight excluding hydrogens is 519 g/mol. The highest BCUT2D eigenvalue weighted by molar-refractivity contribution is 7.98. The Hall–Kier alpha value is -3.46. The van der Waals surface area contributed by atoms with Crippen LogP contribution in [0.1, 0.15) is 0 Å². The molecule has 0 saturated carbocycles. The number of carbonyl (C=O) groups is 1. The number of nitrogens with zero attached hydrogens (tertiary/aromatic N) is 2. The fourth-order valence-corrected chi connectivity index (χ4v) is 4.71. The zero-order valence-corrected chi connectivity index (χ0v) is 22.0. The lowest BCUT2D eigenvalue weighted by molar-refractivity contribution is -0.111. The molecule has 0 aliphatic rings. The van der Waals surface area contributed by atoms with Crippen LogP contribution in [-0.2, 0) is 4.79 Å². The maximum absolute atomic E-state index is 11.9. The Morgan fingerprint density at radius 2 is 1.75 bits per heavy atom. The number of amides is 1. The Labute approximate surface area is 222 Å². The van der Waals surface area contributed by atoms with Gasteiger partial charge in [-0.2, -0.15) is 0 Å². The van der Waals surface area contributed by atoms with Crippen molar-refractivity contribution >= 4 is 69.1 Å². The van der Waals surface area contributed by atoms with E-state index in [4.69, 9.17) is 32.7 Å². The molecule has 7 nitrogen and oxygen atoms in total. The quantitative estimate of drug-likeness (QED) is 0.180. The minimum atomic E-state index is -0.310. The number of hydrogen-bond donors (Lipinski definition) is 2. The molecule has 0 spiro atoms. The van der Waals surface area contributed by atoms with Crippen LogP contribution in [0.3, 0.4) is 0 Å². The average molecular weight is 541 g/mol. The van der Waals surface area contributed by atoms with Gasteiger partial charge in [0.1, 0.15) is 11.5 Å². The zero-order valence-electron chi connectivity index (χ0n) is 19.7. The third-order valence-corrected chi connectivity index (χ3v) is 6.83. The molecule has 2 N–H and O–H groups in total. The van der Waals surface area contributed by atoms with Gasteiger partial charge in [0.25, 0.3) is 0 Å². The van der Waals surface area contributed by atoms with E-state index in [1.54, 1.807) is 24.0 Å². The second kappa shape index (κ2) is 11.1. The highest BCUT2D eigenvalue weighted by Crippen LogP contribution is 2.46. The SMILES string of the molecule is C=CC(=O)Nc1cc(SC)ccc1Nc1ncc2cc(-c3c(Cl)c(OC)cc(OC)c3Cl)ccc2n1. The van der Waals surface area contributed by atoms with E-state index in [2.05, 4.69) is 27.2 Å². The van der Waals surface area contributed by atoms with Crippen molar-refractivity contribution in [3.8, 4) is 22.6 Å². The number of anilines is 3. The number of fused-ring (bicyclic) bond motifs is 1. The van der Waals surface area contributed by atoms with E-state index in [1.165, 1.54) is 20.3 Å². The summed E-state index contributed by atoms with van der Waals surface area (Å²) in [7, 11) is 3.06. The van der Waals surface area contributed by atoms with Crippen molar-refractivity contribution < 1.29 is 14.3 Å². The highest BCUT2D eigenvalue weighted by Gasteiger charge is 2.19. The average Bonchev–Trinajstić information content (AvgIpc) is 2.89. The maximum atomic E-state index is 11.9. The third kappa shape index (κ3) is 5.21. The van der Waals surface area contributed by atoms with Gasteiger partial charge in [-0.1, -0.05) is 35.8 Å². The summed E-state index contributed by atoms with van der Waals surface area (Å²) in [5.41, 5.74) is 3.31. The van der Waals surface area contributed by atoms with Gasteiger partial charge in [-0.3, -0.25) is 4.79 Å². The standard InChI is InChI=1S/C26H22Cl2N4O3S/c1-5-22(33)30-19-11-16(36-4)7-9-18(19)32-26-29-13-15-10-14(6-8-17(15)31-26)23-24(27)20(34-2)12-21(35-3)25(23)28/h5-13H,1H2,2-4H3,(H,30,33)(H,29,31,32). The van der Waals surface area contributed by atoms with Crippen molar-refractivity contribution in [2.45, 2.75) is 4.90 Å². The molecule has 1 heterocycles. The number of nitrogens with one attached hydrogen (secondary N) is 2. The number of halogens is 2. The Balaban J connectivity index is 1.70. The van der Waals surface area contributed by atoms with Crippen LogP contribution in [0.15, 0.2) is 66.2 Å². The van der Waals surface area contributed by atoms with Crippen LogP contribution >= 0.6 is 35.0 Å². The Bertz CT molecular complexity index is 1450. The predicted molar refractivity (Wildman–Crippen MR) is 148 cm³/mol. The van der Waals surface area contributed by atoms with E-state index < -0.39 is 0 Å². The molecule has 10 heteroatoms. The van der Waals surface area contributed by atoms with Gasteiger partial charge < -0.3 is 20.1 Å². The largest absolute Gasteiger partial charge is 0.495 e. The number of rotatable bonds is 8. The van der Waals surface area contributed by atoms with Crippen LogP contribution in [0.4, 0.5) is 17.3 Å². The second-order valence-corrected chi connectivity index (χ2v) is 9.12. The van der Waals surface area contributed by atoms with Crippen LogP contribution in [0.25, 0.3) is 22.0 Å². The first-order chi connectivity index (χ1) is 17.4. The number of thioether (sulfide) groups is 1. The van der Waals surface area contributed by atoms with Crippen LogP contribution in [0.5, 0.6) is 11.5 Å². The van der Waals surface area contributed by atoms with Crippen molar-refractivity contribution in [1.82, 2.24) is 9.97 Å². The molecule has 0 saturated heterocycles. The van der Waals surface area contributed by atoms with Crippen molar-refractivity contribution in [1.29, 1.82) is 0 Å². The van der Waals surface area contributed by atoms with Gasteiger partial charge in [-0.05, 0) is 48.2 Å². The van der Waals surface area contributed by atoms with Crippen LogP contribution in [0.2, 0.25) is 10.0 Å². The fraction of sp³-hybridized carbons (Fsp3) is 0.115. The molecule has 4 rings (SSSR count). The van der Waals surface area contributed by atoms with Gasteiger partial charge in [0, 0.05) is 28.1 Å². The molecule has 1 aromatic heterocycles. The second-order valence-electron chi connectivity index (χ2n) is 7.48. The van der Waals surface area contributed by atoms with E-state index in [0.717, 1.165) is 15.8 Å². The number of methoxy groups -OCH3 is 2. The summed E-state index contributed by atoms with van der Waals surface area (Å²) in [6.45, 7) is 3.51. The van der Waals surface area contributed by atoms with Crippen molar-refractivity contribution in [2.75, 3.05) is 31.1 Å². The maximum Gasteiger partial charge on any atom is 0.247 e. The van der Waals surface area contributed by atoms with Crippen LogP contribution < -0.4 is 20.1 Å². The van der Waals surface area contributed by atoms with Gasteiger partial charge in [-0.15, -0.1) is 11.8 Å². The molecular formula is C26H22Cl2N4O3S. The summed E-state index contributed by atoms with van der Waals surface area (Å²) in [5, 5.41) is 7.54. The summed E-state index contributed by atoms with van der Waals surface area (Å²) in [6.07, 6.45) is 4.88. The highest BCUT2D eigenvalue weighted by atomic mass is 35.5. The molecule has 0 aliphatic carbocycles. The molecule has 0 radical (unpaired) electrons. The van der Waals surface area contributed by atoms with Crippen molar-refractivity contribution in [3.05, 3.63) is 71.4 Å². The summed E-state index contributed by atoms with van der Waals surface area (Å²) in [6, 6.07) is 12.9. The molecule has 0 bridgehead atoms. The summed E-state index contributed by atoms with van der Waals surface area (Å²) in [5.74, 6) is 0.974. The lowest BCUT2D eigenvalue weighted by Gasteiger charge is -2.15. The summed E-state index contributed by atoms with van der Waals surface area (Å²) >= 11 is 14.7. The minimum Gasteiger partial charge on any atom is -0.495 e. The van der Waals surface area contributed by atoms with Crippen LogP contribution in [0, 0.1) is 0 Å². The topological polar surface area (TPSA) is 85.4 Å². The van der Waals surface area contributed by atoms with E-state index >= 15 is 0 Å². The normalized spacial score (nSPS) is 10.7. The van der Waals surface area contributed by atoms with Gasteiger partial charge in [0.2, 0.25) is 11.9 Å². The van der Waals surface area contributed by atoms with E-state index in [-0.39, 0.29) is 5.91 Å². The first-order valence-corrected chi connectivity index (χ1v) is 12.6. The molecule has 1 amide bonds. The smallest absolute Gasteiger partial charge is 0.247 e. The van der Waals surface area contributed by atoms with Gasteiger partial charge >= 0.3 is 0 Å². The fourth-order valence-electron chi connectivity index (χ4n) is 3.56. The molecule has 0 aliphatic heterocycles. The van der Waals surface area contributed by atoms with E-state index in [0.29, 0.717) is 49.9 Å². The zero-order chi connectivity index (χ0) is 25.8.